The van der Waals surface area contributed by atoms with E-state index >= 15 is 0 Å². The van der Waals surface area contributed by atoms with Crippen molar-refractivity contribution in [1.29, 1.82) is 0 Å². The Hall–Kier alpha value is -1.99. The van der Waals surface area contributed by atoms with E-state index in [1.807, 2.05) is 6.07 Å². The molecule has 0 aromatic heterocycles. The Morgan fingerprint density at radius 2 is 1.65 bits per heavy atom. The lowest BCUT2D eigenvalue weighted by atomic mass is 10.2. The molecule has 0 heterocycles. The molecule has 0 radical (unpaired) electrons. The Labute approximate surface area is 114 Å². The van der Waals surface area contributed by atoms with Crippen LogP contribution in [-0.2, 0) is 16.6 Å². The molecule has 0 unspecified atom stereocenters. The Morgan fingerprint density at radius 3 is 2.25 bits per heavy atom. The molecule has 2 aromatic rings. The van der Waals surface area contributed by atoms with E-state index in [9.17, 15) is 17.2 Å². The number of nitrogens with two attached hydrogens (primary N) is 1. The van der Waals surface area contributed by atoms with E-state index in [4.69, 9.17) is 9.88 Å². The van der Waals surface area contributed by atoms with Gasteiger partial charge in [-0.15, -0.1) is 0 Å². The predicted octanol–water partition coefficient (Wildman–Crippen LogP) is 2.19. The van der Waals surface area contributed by atoms with Crippen molar-refractivity contribution in [2.24, 2.45) is 5.14 Å². The number of sulfonamides is 1. The summed E-state index contributed by atoms with van der Waals surface area (Å²) < 4.78 is 54.4. The number of ether oxygens (including phenoxy) is 1. The summed E-state index contributed by atoms with van der Waals surface area (Å²) in [5.41, 5.74) is 0.767. The van der Waals surface area contributed by atoms with Gasteiger partial charge < -0.3 is 4.74 Å². The zero-order valence-electron chi connectivity index (χ0n) is 10.2. The maximum Gasteiger partial charge on any atom is 0.241 e. The summed E-state index contributed by atoms with van der Waals surface area (Å²) in [7, 11) is -4.31. The molecule has 0 atom stereocenters. The molecule has 0 saturated carbocycles. The summed E-state index contributed by atoms with van der Waals surface area (Å²) >= 11 is 0. The van der Waals surface area contributed by atoms with E-state index in [1.165, 1.54) is 0 Å². The second-order valence-corrected chi connectivity index (χ2v) is 5.54. The normalized spacial score (nSPS) is 11.3. The van der Waals surface area contributed by atoms with E-state index < -0.39 is 26.6 Å². The highest BCUT2D eigenvalue weighted by Crippen LogP contribution is 2.25. The zero-order valence-corrected chi connectivity index (χ0v) is 11.0. The van der Waals surface area contributed by atoms with Gasteiger partial charge >= 0.3 is 0 Å². The van der Waals surface area contributed by atoms with E-state index in [0.717, 1.165) is 17.7 Å². The van der Waals surface area contributed by atoms with Crippen LogP contribution in [0.2, 0.25) is 0 Å². The SMILES string of the molecule is NS(=O)(=O)c1ccc(OCc2ccccc2)c(F)c1F. The van der Waals surface area contributed by atoms with Crippen LogP contribution in [0.3, 0.4) is 0 Å². The van der Waals surface area contributed by atoms with Gasteiger partial charge in [-0.05, 0) is 17.7 Å². The molecule has 2 aromatic carbocycles. The molecule has 106 valence electrons. The topological polar surface area (TPSA) is 69.4 Å². The molecular weight excluding hydrogens is 288 g/mol. The third kappa shape index (κ3) is 3.12. The number of primary sulfonamides is 1. The number of benzene rings is 2. The minimum Gasteiger partial charge on any atom is -0.486 e. The van der Waals surface area contributed by atoms with E-state index in [2.05, 4.69) is 0 Å². The lowest BCUT2D eigenvalue weighted by Crippen LogP contribution is -2.15. The second kappa shape index (κ2) is 5.56. The largest absolute Gasteiger partial charge is 0.486 e. The molecule has 4 nitrogen and oxygen atoms in total. The predicted molar refractivity (Wildman–Crippen MR) is 68.5 cm³/mol. The Kier molecular flexibility index (Phi) is 4.01. The quantitative estimate of drug-likeness (QED) is 0.941. The van der Waals surface area contributed by atoms with Crippen molar-refractivity contribution in [3.8, 4) is 5.75 Å². The molecule has 0 saturated heterocycles. The Balaban J connectivity index is 2.25. The maximum absolute atomic E-state index is 13.7. The molecule has 2 rings (SSSR count). The first-order valence-corrected chi connectivity index (χ1v) is 7.12. The van der Waals surface area contributed by atoms with Crippen LogP contribution in [0.1, 0.15) is 5.56 Å². The van der Waals surface area contributed by atoms with Gasteiger partial charge in [-0.3, -0.25) is 0 Å². The molecule has 0 aliphatic rings. The number of hydrogen-bond acceptors (Lipinski definition) is 3. The van der Waals surface area contributed by atoms with Crippen LogP contribution >= 0.6 is 0 Å². The molecule has 0 aliphatic carbocycles. The highest BCUT2D eigenvalue weighted by atomic mass is 32.2. The lowest BCUT2D eigenvalue weighted by molar-refractivity contribution is 0.283. The van der Waals surface area contributed by atoms with Crippen LogP contribution in [-0.4, -0.2) is 8.42 Å². The van der Waals surface area contributed by atoms with Gasteiger partial charge in [0.15, 0.2) is 11.6 Å². The average Bonchev–Trinajstić information content (AvgIpc) is 2.40. The van der Waals surface area contributed by atoms with E-state index in [0.29, 0.717) is 0 Å². The molecule has 0 fully saturated rings. The van der Waals surface area contributed by atoms with Crippen molar-refractivity contribution in [3.05, 3.63) is 59.7 Å². The van der Waals surface area contributed by atoms with Crippen molar-refractivity contribution in [1.82, 2.24) is 0 Å². The summed E-state index contributed by atoms with van der Waals surface area (Å²) in [6.45, 7) is 0.0337. The summed E-state index contributed by atoms with van der Waals surface area (Å²) in [5, 5.41) is 4.77. The first kappa shape index (κ1) is 14.4. The highest BCUT2D eigenvalue weighted by Gasteiger charge is 2.21. The van der Waals surface area contributed by atoms with Gasteiger partial charge in [0.2, 0.25) is 15.8 Å². The van der Waals surface area contributed by atoms with Gasteiger partial charge in [0.25, 0.3) is 0 Å². The number of rotatable bonds is 4. The number of hydrogen-bond donors (Lipinski definition) is 1. The third-order valence-electron chi connectivity index (χ3n) is 2.56. The molecule has 0 spiro atoms. The summed E-state index contributed by atoms with van der Waals surface area (Å²) in [4.78, 5) is -0.901. The molecule has 0 bridgehead atoms. The van der Waals surface area contributed by atoms with Gasteiger partial charge in [0.05, 0.1) is 0 Å². The zero-order chi connectivity index (χ0) is 14.8. The van der Waals surface area contributed by atoms with E-state index in [1.54, 1.807) is 24.3 Å². The first-order valence-electron chi connectivity index (χ1n) is 5.57. The Morgan fingerprint density at radius 1 is 1.00 bits per heavy atom. The van der Waals surface area contributed by atoms with Crippen molar-refractivity contribution >= 4 is 10.0 Å². The molecule has 0 aliphatic heterocycles. The summed E-state index contributed by atoms with van der Waals surface area (Å²) in [6, 6.07) is 10.8. The van der Waals surface area contributed by atoms with Crippen LogP contribution < -0.4 is 9.88 Å². The van der Waals surface area contributed by atoms with Gasteiger partial charge in [-0.25, -0.2) is 17.9 Å². The molecular formula is C13H11F2NO3S. The van der Waals surface area contributed by atoms with Gasteiger partial charge in [0, 0.05) is 0 Å². The van der Waals surface area contributed by atoms with Crippen LogP contribution in [0.25, 0.3) is 0 Å². The monoisotopic (exact) mass is 299 g/mol. The van der Waals surface area contributed by atoms with Crippen LogP contribution in [0.5, 0.6) is 5.75 Å². The van der Waals surface area contributed by atoms with Gasteiger partial charge in [0.1, 0.15) is 11.5 Å². The van der Waals surface area contributed by atoms with Crippen molar-refractivity contribution < 1.29 is 21.9 Å². The fourth-order valence-electron chi connectivity index (χ4n) is 1.58. The number of halogens is 2. The average molecular weight is 299 g/mol. The highest BCUT2D eigenvalue weighted by molar-refractivity contribution is 7.89. The fraction of sp³-hybridized carbons (Fsp3) is 0.0769. The lowest BCUT2D eigenvalue weighted by Gasteiger charge is -2.09. The van der Waals surface area contributed by atoms with Crippen molar-refractivity contribution in [2.45, 2.75) is 11.5 Å². The minimum atomic E-state index is -4.31. The van der Waals surface area contributed by atoms with Gasteiger partial charge in [-0.2, -0.15) is 4.39 Å². The smallest absolute Gasteiger partial charge is 0.241 e. The summed E-state index contributed by atoms with van der Waals surface area (Å²) in [6.07, 6.45) is 0. The van der Waals surface area contributed by atoms with Crippen LogP contribution in [0, 0.1) is 11.6 Å². The standard InChI is InChI=1S/C13H11F2NO3S/c14-12-10(19-8-9-4-2-1-3-5-9)6-7-11(13(12)15)20(16,17)18/h1-7H,8H2,(H2,16,17,18). The molecule has 20 heavy (non-hydrogen) atoms. The molecule has 2 N–H and O–H groups in total. The first-order chi connectivity index (χ1) is 9.39. The van der Waals surface area contributed by atoms with Crippen molar-refractivity contribution in [3.63, 3.8) is 0 Å². The second-order valence-electron chi connectivity index (χ2n) is 4.01. The summed E-state index contributed by atoms with van der Waals surface area (Å²) in [5.74, 6) is -3.30. The minimum absolute atomic E-state index is 0.0337. The fourth-order valence-corrected chi connectivity index (χ4v) is 2.18. The molecule has 7 heteroatoms. The third-order valence-corrected chi connectivity index (χ3v) is 3.48. The maximum atomic E-state index is 13.7. The molecule has 0 amide bonds. The van der Waals surface area contributed by atoms with Crippen LogP contribution in [0.4, 0.5) is 8.78 Å². The van der Waals surface area contributed by atoms with Crippen molar-refractivity contribution in [2.75, 3.05) is 0 Å². The van der Waals surface area contributed by atoms with Gasteiger partial charge in [-0.1, -0.05) is 30.3 Å². The van der Waals surface area contributed by atoms with Crippen LogP contribution in [0.15, 0.2) is 47.4 Å². The Bertz CT molecular complexity index is 718. The van der Waals surface area contributed by atoms with E-state index in [-0.39, 0.29) is 12.4 Å².